The summed E-state index contributed by atoms with van der Waals surface area (Å²) in [6.45, 7) is 7.32. The van der Waals surface area contributed by atoms with Crippen molar-refractivity contribution >= 4 is 17.3 Å². The Hall–Kier alpha value is -3.30. The summed E-state index contributed by atoms with van der Waals surface area (Å²) in [5, 5.41) is 2.80. The topological polar surface area (TPSA) is 99.4 Å². The second-order valence-corrected chi connectivity index (χ2v) is 9.58. The Morgan fingerprint density at radius 3 is 2.62 bits per heavy atom. The number of halogens is 2. The molecule has 1 aromatic carbocycles. The van der Waals surface area contributed by atoms with Gasteiger partial charge in [-0.25, -0.2) is 23.5 Å². The number of hydrogen-bond acceptors (Lipinski definition) is 7. The van der Waals surface area contributed by atoms with Gasteiger partial charge in [0.25, 0.3) is 11.6 Å². The molecule has 1 N–H and O–H groups in total. The first kappa shape index (κ1) is 23.8. The number of nitrogens with one attached hydrogen (secondary N) is 1. The van der Waals surface area contributed by atoms with E-state index in [0.717, 1.165) is 0 Å². The molecule has 1 aliphatic carbocycles. The summed E-state index contributed by atoms with van der Waals surface area (Å²) in [5.41, 5.74) is 1.04. The first-order valence-electron chi connectivity index (χ1n) is 11.2. The van der Waals surface area contributed by atoms with E-state index in [0.29, 0.717) is 47.1 Å². The number of amides is 1. The lowest BCUT2D eigenvalue weighted by molar-refractivity contribution is 0.0506. The number of oxazole rings is 1. The van der Waals surface area contributed by atoms with Crippen LogP contribution in [-0.4, -0.2) is 45.2 Å². The van der Waals surface area contributed by atoms with Gasteiger partial charge in [-0.1, -0.05) is 0 Å². The molecule has 0 radical (unpaired) electrons. The molecule has 1 fully saturated rings. The fourth-order valence-electron chi connectivity index (χ4n) is 3.28. The summed E-state index contributed by atoms with van der Waals surface area (Å²) in [6, 6.07) is 6.78. The van der Waals surface area contributed by atoms with E-state index in [1.807, 2.05) is 27.7 Å². The molecule has 4 rings (SSSR count). The van der Waals surface area contributed by atoms with Crippen LogP contribution in [0.2, 0.25) is 0 Å². The van der Waals surface area contributed by atoms with E-state index >= 15 is 0 Å². The molecule has 8 nitrogen and oxygen atoms in total. The van der Waals surface area contributed by atoms with Crippen molar-refractivity contribution in [2.45, 2.75) is 64.5 Å². The first-order chi connectivity index (χ1) is 16.0. The van der Waals surface area contributed by atoms with Crippen LogP contribution < -0.4 is 10.1 Å². The minimum absolute atomic E-state index is 0.000484. The predicted molar refractivity (Wildman–Crippen MR) is 121 cm³/mol. The number of carbonyl (C=O) groups excluding carboxylic acids is 1. The molecule has 0 saturated heterocycles. The largest absolute Gasteiger partial charge is 0.493 e. The van der Waals surface area contributed by atoms with E-state index in [1.54, 1.807) is 30.5 Å². The summed E-state index contributed by atoms with van der Waals surface area (Å²) >= 11 is 0. The van der Waals surface area contributed by atoms with E-state index in [4.69, 9.17) is 13.9 Å². The molecule has 10 heteroatoms. The van der Waals surface area contributed by atoms with E-state index in [-0.39, 0.29) is 19.1 Å². The summed E-state index contributed by atoms with van der Waals surface area (Å²) in [4.78, 5) is 25.1. The zero-order chi connectivity index (χ0) is 24.5. The van der Waals surface area contributed by atoms with Crippen LogP contribution in [0.3, 0.4) is 0 Å². The zero-order valence-electron chi connectivity index (χ0n) is 19.6. The molecule has 0 unspecified atom stereocenters. The number of alkyl carbamates (subject to hydrolysis) is 1. The molecule has 3 aromatic rings. The second kappa shape index (κ2) is 9.15. The van der Waals surface area contributed by atoms with Gasteiger partial charge in [0, 0.05) is 24.4 Å². The van der Waals surface area contributed by atoms with Crippen molar-refractivity contribution in [1.82, 2.24) is 20.3 Å². The number of aryl methyl sites for hydroxylation is 1. The van der Waals surface area contributed by atoms with Crippen LogP contribution in [-0.2, 0) is 11.2 Å². The average molecular weight is 475 g/mol. The second-order valence-electron chi connectivity index (χ2n) is 9.58. The fourth-order valence-corrected chi connectivity index (χ4v) is 3.28. The van der Waals surface area contributed by atoms with Gasteiger partial charge in [0.05, 0.1) is 18.7 Å². The highest BCUT2D eigenvalue weighted by Crippen LogP contribution is 2.48. The normalized spacial score (nSPS) is 17.9. The van der Waals surface area contributed by atoms with Gasteiger partial charge in [0.2, 0.25) is 5.89 Å². The minimum atomic E-state index is -2.59. The fraction of sp³-hybridized carbons (Fsp3) is 0.500. The first-order valence-corrected chi connectivity index (χ1v) is 11.2. The van der Waals surface area contributed by atoms with Crippen molar-refractivity contribution in [3.8, 4) is 17.2 Å². The summed E-state index contributed by atoms with van der Waals surface area (Å²) in [7, 11) is 0. The molecule has 2 atom stereocenters. The van der Waals surface area contributed by atoms with Crippen LogP contribution in [0.25, 0.3) is 22.7 Å². The molecule has 0 spiro atoms. The van der Waals surface area contributed by atoms with Crippen LogP contribution in [0.15, 0.2) is 34.9 Å². The molecule has 0 aliphatic heterocycles. The van der Waals surface area contributed by atoms with Gasteiger partial charge in [-0.05, 0) is 58.4 Å². The molecule has 2 heterocycles. The molecular weight excluding hydrogens is 446 g/mol. The summed E-state index contributed by atoms with van der Waals surface area (Å²) < 4.78 is 42.4. The molecule has 34 heavy (non-hydrogen) atoms. The predicted octanol–water partition coefficient (Wildman–Crippen LogP) is 5.16. The Morgan fingerprint density at radius 1 is 1.26 bits per heavy atom. The van der Waals surface area contributed by atoms with Gasteiger partial charge < -0.3 is 19.2 Å². The van der Waals surface area contributed by atoms with Gasteiger partial charge in [0.1, 0.15) is 22.7 Å². The minimum Gasteiger partial charge on any atom is -0.493 e. The van der Waals surface area contributed by atoms with E-state index in [9.17, 15) is 13.6 Å². The van der Waals surface area contributed by atoms with Crippen LogP contribution in [0.4, 0.5) is 13.6 Å². The quantitative estimate of drug-likeness (QED) is 0.481. The Balaban J connectivity index is 1.33. The highest BCUT2D eigenvalue weighted by molar-refractivity contribution is 5.71. The molecule has 182 valence electrons. The standard InChI is InChI=1S/C24H28F2N4O4/c1-14(28-22(31)34-23(2,3)4)5-10-19-27-12-18-21(30-19)33-20(29-18)15-6-8-17(9-7-15)32-13-16-11-24(16,25)26/h6-9,12,14,16H,5,10-11,13H2,1-4H3,(H,28,31)/t14-,16+/m0/s1. The van der Waals surface area contributed by atoms with Crippen molar-refractivity contribution in [2.24, 2.45) is 5.92 Å². The van der Waals surface area contributed by atoms with Crippen molar-refractivity contribution in [3.05, 3.63) is 36.3 Å². The lowest BCUT2D eigenvalue weighted by atomic mass is 10.2. The number of carbonyl (C=O) groups is 1. The molecular formula is C24H28F2N4O4. The third kappa shape index (κ3) is 6.18. The molecule has 2 aromatic heterocycles. The number of rotatable bonds is 8. The Labute approximate surface area is 196 Å². The van der Waals surface area contributed by atoms with E-state index in [1.165, 1.54) is 0 Å². The van der Waals surface area contributed by atoms with Crippen molar-refractivity contribution in [1.29, 1.82) is 0 Å². The highest BCUT2D eigenvalue weighted by atomic mass is 19.3. The number of ether oxygens (including phenoxy) is 2. The third-order valence-corrected chi connectivity index (χ3v) is 5.27. The maximum atomic E-state index is 13.0. The zero-order valence-corrected chi connectivity index (χ0v) is 19.6. The number of aromatic nitrogens is 3. The molecule has 1 amide bonds. The maximum absolute atomic E-state index is 13.0. The SMILES string of the molecule is C[C@@H](CCc1ncc2nc(-c3ccc(OC[C@H]4CC4(F)F)cc3)oc2n1)NC(=O)OC(C)(C)C. The van der Waals surface area contributed by atoms with Crippen LogP contribution >= 0.6 is 0 Å². The van der Waals surface area contributed by atoms with E-state index < -0.39 is 23.5 Å². The van der Waals surface area contributed by atoms with Gasteiger partial charge >= 0.3 is 6.09 Å². The number of benzene rings is 1. The summed E-state index contributed by atoms with van der Waals surface area (Å²) in [6.07, 6.45) is 2.19. The smallest absolute Gasteiger partial charge is 0.407 e. The molecule has 1 aliphatic rings. The Kier molecular flexibility index (Phi) is 6.42. The summed E-state index contributed by atoms with van der Waals surface area (Å²) in [5.74, 6) is -1.83. The monoisotopic (exact) mass is 474 g/mol. The number of alkyl halides is 2. The average Bonchev–Trinajstić information content (AvgIpc) is 3.15. The van der Waals surface area contributed by atoms with Gasteiger partial charge in [-0.15, -0.1) is 0 Å². The number of hydrogen-bond donors (Lipinski definition) is 1. The lowest BCUT2D eigenvalue weighted by Crippen LogP contribution is -2.37. The lowest BCUT2D eigenvalue weighted by Gasteiger charge is -2.21. The third-order valence-electron chi connectivity index (χ3n) is 5.27. The Morgan fingerprint density at radius 2 is 1.97 bits per heavy atom. The van der Waals surface area contributed by atoms with E-state index in [2.05, 4.69) is 20.3 Å². The van der Waals surface area contributed by atoms with Crippen LogP contribution in [0, 0.1) is 5.92 Å². The van der Waals surface area contributed by atoms with Gasteiger partial charge in [0.15, 0.2) is 0 Å². The molecule has 1 saturated carbocycles. The van der Waals surface area contributed by atoms with Gasteiger partial charge in [-0.3, -0.25) is 0 Å². The highest BCUT2D eigenvalue weighted by Gasteiger charge is 2.57. The number of fused-ring (bicyclic) bond motifs is 1. The van der Waals surface area contributed by atoms with Gasteiger partial charge in [-0.2, -0.15) is 4.98 Å². The maximum Gasteiger partial charge on any atom is 0.407 e. The van der Waals surface area contributed by atoms with Crippen molar-refractivity contribution in [3.63, 3.8) is 0 Å². The molecule has 0 bridgehead atoms. The van der Waals surface area contributed by atoms with Crippen molar-refractivity contribution < 1.29 is 27.5 Å². The van der Waals surface area contributed by atoms with Crippen molar-refractivity contribution in [2.75, 3.05) is 6.61 Å². The number of nitrogens with zero attached hydrogens (tertiary/aromatic N) is 3. The van der Waals surface area contributed by atoms with Crippen LogP contribution in [0.5, 0.6) is 5.75 Å². The van der Waals surface area contributed by atoms with Crippen LogP contribution in [0.1, 0.15) is 46.4 Å². The Bertz CT molecular complexity index is 1160.